The SMILES string of the molecule is CNC(COC)COc1c(Cl)cc(Cl)cc1Cl. The van der Waals surface area contributed by atoms with Gasteiger partial charge in [-0.25, -0.2) is 0 Å². The fourth-order valence-corrected chi connectivity index (χ4v) is 2.19. The molecule has 0 radical (unpaired) electrons. The largest absolute Gasteiger partial charge is 0.489 e. The van der Waals surface area contributed by atoms with Crippen molar-refractivity contribution in [3.63, 3.8) is 0 Å². The number of methoxy groups -OCH3 is 1. The Bertz CT molecular complexity index is 351. The summed E-state index contributed by atoms with van der Waals surface area (Å²) in [5.41, 5.74) is 0. The Balaban J connectivity index is 2.68. The summed E-state index contributed by atoms with van der Waals surface area (Å²) in [5, 5.41) is 4.34. The van der Waals surface area contributed by atoms with Gasteiger partial charge < -0.3 is 14.8 Å². The minimum absolute atomic E-state index is 0.0720. The third-order valence-corrected chi connectivity index (χ3v) is 2.95. The summed E-state index contributed by atoms with van der Waals surface area (Å²) in [6.07, 6.45) is 0. The molecule has 0 bridgehead atoms. The van der Waals surface area contributed by atoms with Crippen molar-refractivity contribution in [2.24, 2.45) is 0 Å². The van der Waals surface area contributed by atoms with Crippen molar-refractivity contribution in [1.29, 1.82) is 0 Å². The van der Waals surface area contributed by atoms with Gasteiger partial charge in [0.2, 0.25) is 0 Å². The van der Waals surface area contributed by atoms with Gasteiger partial charge in [-0.2, -0.15) is 0 Å². The van der Waals surface area contributed by atoms with Crippen molar-refractivity contribution >= 4 is 34.8 Å². The van der Waals surface area contributed by atoms with Gasteiger partial charge in [0.15, 0.2) is 5.75 Å². The highest BCUT2D eigenvalue weighted by Crippen LogP contribution is 2.35. The van der Waals surface area contributed by atoms with Crippen LogP contribution in [0.3, 0.4) is 0 Å². The molecule has 0 aliphatic carbocycles. The first-order valence-corrected chi connectivity index (χ1v) is 6.15. The van der Waals surface area contributed by atoms with E-state index in [0.29, 0.717) is 34.0 Å². The van der Waals surface area contributed by atoms with Crippen molar-refractivity contribution in [3.8, 4) is 5.75 Å². The second-order valence-corrected chi connectivity index (χ2v) is 4.70. The van der Waals surface area contributed by atoms with Crippen LogP contribution in [-0.4, -0.2) is 33.4 Å². The highest BCUT2D eigenvalue weighted by molar-refractivity contribution is 6.40. The zero-order valence-corrected chi connectivity index (χ0v) is 11.9. The lowest BCUT2D eigenvalue weighted by Gasteiger charge is -2.17. The van der Waals surface area contributed by atoms with E-state index in [0.717, 1.165) is 0 Å². The summed E-state index contributed by atoms with van der Waals surface area (Å²) in [4.78, 5) is 0. The van der Waals surface area contributed by atoms with Gasteiger partial charge in [-0.3, -0.25) is 0 Å². The molecule has 3 nitrogen and oxygen atoms in total. The number of benzene rings is 1. The maximum Gasteiger partial charge on any atom is 0.156 e. The first-order valence-electron chi connectivity index (χ1n) is 5.02. The first-order chi connectivity index (χ1) is 8.08. The normalized spacial score (nSPS) is 12.5. The lowest BCUT2D eigenvalue weighted by Crippen LogP contribution is -2.35. The van der Waals surface area contributed by atoms with Crippen molar-refractivity contribution in [1.82, 2.24) is 5.32 Å². The maximum atomic E-state index is 5.99. The van der Waals surface area contributed by atoms with E-state index in [9.17, 15) is 0 Å². The van der Waals surface area contributed by atoms with Crippen LogP contribution in [0, 0.1) is 0 Å². The molecule has 0 fully saturated rings. The standard InChI is InChI=1S/C11H14Cl3NO2/c1-15-8(5-16-2)6-17-11-9(13)3-7(12)4-10(11)14/h3-4,8,15H,5-6H2,1-2H3. The van der Waals surface area contributed by atoms with Crippen molar-refractivity contribution < 1.29 is 9.47 Å². The Kier molecular flexibility index (Phi) is 6.38. The minimum atomic E-state index is 0.0720. The van der Waals surface area contributed by atoms with Crippen molar-refractivity contribution in [2.75, 3.05) is 27.4 Å². The monoisotopic (exact) mass is 297 g/mol. The highest BCUT2D eigenvalue weighted by Gasteiger charge is 2.12. The number of halogens is 3. The molecule has 17 heavy (non-hydrogen) atoms. The van der Waals surface area contributed by atoms with E-state index in [-0.39, 0.29) is 6.04 Å². The van der Waals surface area contributed by atoms with Gasteiger partial charge in [-0.1, -0.05) is 34.8 Å². The molecule has 1 rings (SSSR count). The van der Waals surface area contributed by atoms with E-state index in [1.54, 1.807) is 19.2 Å². The summed E-state index contributed by atoms with van der Waals surface area (Å²) in [6.45, 7) is 0.949. The minimum Gasteiger partial charge on any atom is -0.489 e. The summed E-state index contributed by atoms with van der Waals surface area (Å²) in [5.74, 6) is 0.439. The summed E-state index contributed by atoms with van der Waals surface area (Å²) >= 11 is 17.8. The molecule has 0 amide bonds. The van der Waals surface area contributed by atoms with Gasteiger partial charge >= 0.3 is 0 Å². The number of hydrogen-bond donors (Lipinski definition) is 1. The molecule has 0 heterocycles. The molecule has 1 aromatic carbocycles. The fraction of sp³-hybridized carbons (Fsp3) is 0.455. The van der Waals surface area contributed by atoms with Gasteiger partial charge in [0.05, 0.1) is 22.7 Å². The number of nitrogens with one attached hydrogen (secondary N) is 1. The molecule has 0 aliphatic heterocycles. The second-order valence-electron chi connectivity index (χ2n) is 3.45. The maximum absolute atomic E-state index is 5.99. The third-order valence-electron chi connectivity index (χ3n) is 2.17. The predicted molar refractivity (Wildman–Crippen MR) is 71.7 cm³/mol. The Labute approximate surface area is 116 Å². The van der Waals surface area contributed by atoms with E-state index in [2.05, 4.69) is 5.32 Å². The summed E-state index contributed by atoms with van der Waals surface area (Å²) in [6, 6.07) is 3.26. The van der Waals surface area contributed by atoms with Crippen LogP contribution in [0.5, 0.6) is 5.75 Å². The lowest BCUT2D eigenvalue weighted by atomic mass is 10.3. The van der Waals surface area contributed by atoms with Crippen LogP contribution in [0.1, 0.15) is 0 Å². The Morgan fingerprint density at radius 1 is 1.18 bits per heavy atom. The number of likely N-dealkylation sites (N-methyl/N-ethyl adjacent to an activating group) is 1. The van der Waals surface area contributed by atoms with Crippen LogP contribution in [-0.2, 0) is 4.74 Å². The molecule has 0 saturated heterocycles. The molecular formula is C11H14Cl3NO2. The Morgan fingerprint density at radius 3 is 2.24 bits per heavy atom. The average molecular weight is 299 g/mol. The smallest absolute Gasteiger partial charge is 0.156 e. The van der Waals surface area contributed by atoms with E-state index in [4.69, 9.17) is 44.3 Å². The molecule has 0 aliphatic rings. The quantitative estimate of drug-likeness (QED) is 0.874. The number of ether oxygens (including phenoxy) is 2. The molecule has 1 unspecified atom stereocenters. The number of hydrogen-bond acceptors (Lipinski definition) is 3. The molecule has 96 valence electrons. The molecule has 6 heteroatoms. The van der Waals surface area contributed by atoms with E-state index < -0.39 is 0 Å². The molecule has 0 aromatic heterocycles. The van der Waals surface area contributed by atoms with Crippen LogP contribution in [0.4, 0.5) is 0 Å². The zero-order valence-electron chi connectivity index (χ0n) is 9.60. The average Bonchev–Trinajstić information content (AvgIpc) is 2.26. The van der Waals surface area contributed by atoms with E-state index in [1.807, 2.05) is 7.05 Å². The lowest BCUT2D eigenvalue weighted by molar-refractivity contribution is 0.140. The molecular weight excluding hydrogens is 284 g/mol. The van der Waals surface area contributed by atoms with Crippen molar-refractivity contribution in [3.05, 3.63) is 27.2 Å². The van der Waals surface area contributed by atoms with E-state index >= 15 is 0 Å². The van der Waals surface area contributed by atoms with E-state index in [1.165, 1.54) is 0 Å². The predicted octanol–water partition coefficient (Wildman–Crippen LogP) is 3.26. The van der Waals surface area contributed by atoms with Crippen LogP contribution in [0.2, 0.25) is 15.1 Å². The Morgan fingerprint density at radius 2 is 1.76 bits per heavy atom. The van der Waals surface area contributed by atoms with Gasteiger partial charge in [0, 0.05) is 12.1 Å². The summed E-state index contributed by atoms with van der Waals surface area (Å²) < 4.78 is 10.6. The molecule has 0 spiro atoms. The molecule has 0 saturated carbocycles. The fourth-order valence-electron chi connectivity index (χ4n) is 1.27. The van der Waals surface area contributed by atoms with Crippen LogP contribution in [0.15, 0.2) is 12.1 Å². The number of rotatable bonds is 6. The van der Waals surface area contributed by atoms with Gasteiger partial charge in [0.25, 0.3) is 0 Å². The Hall–Kier alpha value is -0.190. The highest BCUT2D eigenvalue weighted by atomic mass is 35.5. The van der Waals surface area contributed by atoms with Gasteiger partial charge in [-0.05, 0) is 19.2 Å². The molecule has 1 aromatic rings. The molecule has 1 N–H and O–H groups in total. The van der Waals surface area contributed by atoms with Crippen molar-refractivity contribution in [2.45, 2.75) is 6.04 Å². The second kappa shape index (κ2) is 7.29. The van der Waals surface area contributed by atoms with Crippen LogP contribution >= 0.6 is 34.8 Å². The molecule has 1 atom stereocenters. The van der Waals surface area contributed by atoms with Crippen LogP contribution < -0.4 is 10.1 Å². The van der Waals surface area contributed by atoms with Gasteiger partial charge in [0.1, 0.15) is 6.61 Å². The van der Waals surface area contributed by atoms with Crippen LogP contribution in [0.25, 0.3) is 0 Å². The topological polar surface area (TPSA) is 30.5 Å². The summed E-state index contributed by atoms with van der Waals surface area (Å²) in [7, 11) is 3.46. The first kappa shape index (κ1) is 14.9. The zero-order chi connectivity index (χ0) is 12.8. The third kappa shape index (κ3) is 4.53. The van der Waals surface area contributed by atoms with Gasteiger partial charge in [-0.15, -0.1) is 0 Å².